The molecule has 1 heterocycles. The second kappa shape index (κ2) is 16.1. The van der Waals surface area contributed by atoms with Crippen molar-refractivity contribution in [3.63, 3.8) is 0 Å². The normalized spacial score (nSPS) is 20.7. The molecule has 0 atom stereocenters. The molecule has 0 amide bonds. The molecule has 0 radical (unpaired) electrons. The molecule has 0 fully saturated rings. The third-order valence-electron chi connectivity index (χ3n) is 8.93. The van der Waals surface area contributed by atoms with Gasteiger partial charge in [-0.25, -0.2) is 0 Å². The van der Waals surface area contributed by atoms with E-state index in [0.29, 0.717) is 4.57 Å². The number of anilines is 3. The van der Waals surface area contributed by atoms with E-state index in [0.717, 1.165) is 0 Å². The summed E-state index contributed by atoms with van der Waals surface area (Å²) in [5.41, 5.74) is -17.0. The maximum atomic E-state index is 9.95. The SMILES string of the molecule is [2H]c1c([2H])c([2H])c(-c2c([2H])c([2H])c(-c3c([2H])c([2H])c([2H])c([2H])c3N(c3c([2H])c([2H])c(-c4c([2H])c([2H])c([2H])c([2H])c4[2H])c([2H])c3[2H])c3c([2H])c([2H])c(-c4c([2H])c([2H])c5c(c4[2H])c4c([2H])c([2H])c([2H])c([2H])c4n5-c4c([2H])c([2H])c(-c5c([2H])c([2H])c([2H])c([2H])c5[2H])c([2H])c4[2H])c([2H])c3[2H])c([2H])c2[2H])c([2H])c1[2H]. The Kier molecular flexibility index (Phi) is 3.48. The van der Waals surface area contributed by atoms with Crippen molar-refractivity contribution in [2.24, 2.45) is 0 Å². The van der Waals surface area contributed by atoms with Gasteiger partial charge in [-0.2, -0.15) is 0 Å². The fourth-order valence-corrected chi connectivity index (χ4v) is 6.17. The lowest BCUT2D eigenvalue weighted by Gasteiger charge is -2.28. The highest BCUT2D eigenvalue weighted by Gasteiger charge is 2.19. The zero-order chi connectivity index (χ0) is 77.8. The third kappa shape index (κ3) is 6.94. The van der Waals surface area contributed by atoms with Gasteiger partial charge in [0.25, 0.3) is 0 Å². The van der Waals surface area contributed by atoms with E-state index in [-0.39, 0.29) is 4.90 Å². The summed E-state index contributed by atoms with van der Waals surface area (Å²) < 4.78 is 382. The van der Waals surface area contributed by atoms with Crippen LogP contribution in [-0.4, -0.2) is 4.57 Å². The van der Waals surface area contributed by atoms with Gasteiger partial charge in [0, 0.05) is 33.4 Å². The van der Waals surface area contributed by atoms with Gasteiger partial charge in [0.05, 0.1) is 74.3 Å². The van der Waals surface area contributed by atoms with Gasteiger partial charge in [-0.3, -0.25) is 0 Å². The fourth-order valence-electron chi connectivity index (χ4n) is 6.17. The molecule has 0 unspecified atom stereocenters. The summed E-state index contributed by atoms with van der Waals surface area (Å²) in [6.45, 7) is 0. The quantitative estimate of drug-likeness (QED) is 0.141. The van der Waals surface area contributed by atoms with Crippen molar-refractivity contribution < 1.29 is 57.6 Å². The van der Waals surface area contributed by atoms with Crippen LogP contribution in [0.2, 0.25) is 0 Å². The highest BCUT2D eigenvalue weighted by atomic mass is 15.1. The number of rotatable bonds is 9. The molecule has 1 aromatic heterocycles. The average molecular weight is 833 g/mol. The topological polar surface area (TPSA) is 8.17 Å². The van der Waals surface area contributed by atoms with Crippen molar-refractivity contribution in [3.05, 3.63) is 254 Å². The maximum absolute atomic E-state index is 9.95. The fraction of sp³-hybridized carbons (Fsp3) is 0. The Labute approximate surface area is 421 Å². The van der Waals surface area contributed by atoms with Gasteiger partial charge in [0.2, 0.25) is 0 Å². The van der Waals surface area contributed by atoms with Crippen LogP contribution in [0.4, 0.5) is 17.1 Å². The number of hydrogen-bond acceptors (Lipinski definition) is 1. The van der Waals surface area contributed by atoms with E-state index in [9.17, 15) is 31.5 Å². The smallest absolute Gasteiger partial charge is 0.0645 e. The van der Waals surface area contributed by atoms with E-state index >= 15 is 0 Å². The number of nitrogens with zero attached hydrogens (tertiary/aromatic N) is 2. The summed E-state index contributed by atoms with van der Waals surface area (Å²) >= 11 is 0. The van der Waals surface area contributed by atoms with Crippen molar-refractivity contribution >= 4 is 38.9 Å². The van der Waals surface area contributed by atoms with E-state index in [1.54, 1.807) is 0 Å². The van der Waals surface area contributed by atoms with Crippen LogP contribution < -0.4 is 4.90 Å². The Morgan fingerprint density at radius 3 is 1.24 bits per heavy atom. The van der Waals surface area contributed by atoms with Crippen molar-refractivity contribution in [3.8, 4) is 61.3 Å². The minimum atomic E-state index is -1.51. The highest BCUT2D eigenvalue weighted by molar-refractivity contribution is 6.10. The molecule has 292 valence electrons. The molecule has 0 aliphatic heterocycles. The highest BCUT2D eigenvalue weighted by Crippen LogP contribution is 2.43. The molecule has 2 nitrogen and oxygen atoms in total. The van der Waals surface area contributed by atoms with Gasteiger partial charge >= 0.3 is 0 Å². The van der Waals surface area contributed by atoms with Crippen LogP contribution in [0.5, 0.6) is 0 Å². The number of fused-ring (bicyclic) bond motifs is 3. The molecular weight excluding hydrogens is 749 g/mol. The molecule has 0 bridgehead atoms. The second-order valence-corrected chi connectivity index (χ2v) is 12.5. The van der Waals surface area contributed by atoms with E-state index in [2.05, 4.69) is 0 Å². The van der Waals surface area contributed by atoms with Crippen molar-refractivity contribution in [1.82, 2.24) is 4.57 Å². The van der Waals surface area contributed by atoms with E-state index in [4.69, 9.17) is 26.0 Å². The number of para-hydroxylation sites is 2. The van der Waals surface area contributed by atoms with Crippen LogP contribution in [0.1, 0.15) is 57.6 Å². The third-order valence-corrected chi connectivity index (χ3v) is 8.93. The van der Waals surface area contributed by atoms with Crippen LogP contribution in [0.25, 0.3) is 83.1 Å². The van der Waals surface area contributed by atoms with Crippen LogP contribution in [0.15, 0.2) is 254 Å². The van der Waals surface area contributed by atoms with Crippen molar-refractivity contribution in [2.45, 2.75) is 0 Å². The molecule has 0 saturated carbocycles. The largest absolute Gasteiger partial charge is 0.310 e. The van der Waals surface area contributed by atoms with E-state index in [1.165, 1.54) is 0 Å². The van der Waals surface area contributed by atoms with Gasteiger partial charge in [-0.1, -0.05) is 193 Å². The molecule has 0 N–H and O–H groups in total. The Morgan fingerprint density at radius 1 is 0.290 bits per heavy atom. The summed E-state index contributed by atoms with van der Waals surface area (Å²) in [5, 5.41) is -1.60. The molecule has 11 rings (SSSR count). The summed E-state index contributed by atoms with van der Waals surface area (Å²) in [7, 11) is 0. The lowest BCUT2D eigenvalue weighted by atomic mass is 9.98. The standard InChI is InChI=1S/C60H42N2/c1-4-14-43(15-5-1)46-24-26-50(27-25-46)55-20-10-12-22-58(55)61(52-35-28-47(29-36-52)44-16-6-2-7-17-44)53-37-32-49(33-38-53)51-34-41-60-57(42-51)56-21-11-13-23-59(56)62(60)54-39-30-48(31-40-54)45-18-8-3-9-19-45/h1-42H/i1D,2D,3D,4D,5D,6D,7D,8D,9D,10D,11D,12D,13D,14D,15D,16D,17D,18D,19D,20D,21D,22D,23D,24D,25D,26D,27D,28D,29D,30D,31D,32D,33D,34D,35D,36D,37D,38D,39D,40D,41D,42D. The molecule has 0 aliphatic rings. The second-order valence-electron chi connectivity index (χ2n) is 12.5. The van der Waals surface area contributed by atoms with Crippen LogP contribution in [0, 0.1) is 0 Å². The van der Waals surface area contributed by atoms with Gasteiger partial charge in [-0.05, 0) is 110 Å². The van der Waals surface area contributed by atoms with E-state index < -0.39 is 354 Å². The van der Waals surface area contributed by atoms with Crippen LogP contribution >= 0.6 is 0 Å². The number of hydrogen-bond donors (Lipinski definition) is 0. The molecule has 0 saturated heterocycles. The maximum Gasteiger partial charge on any atom is 0.0645 e. The van der Waals surface area contributed by atoms with Gasteiger partial charge in [-0.15, -0.1) is 0 Å². The zero-order valence-corrected chi connectivity index (χ0v) is 30.9. The Morgan fingerprint density at radius 2 is 0.677 bits per heavy atom. The predicted molar refractivity (Wildman–Crippen MR) is 263 cm³/mol. The molecule has 0 spiro atoms. The Bertz CT molecular complexity index is 5630. The van der Waals surface area contributed by atoms with E-state index in [1.807, 2.05) is 0 Å². The number of benzene rings is 10. The van der Waals surface area contributed by atoms with Crippen LogP contribution in [-0.2, 0) is 0 Å². The first-order chi connectivity index (χ1) is 48.2. The monoisotopic (exact) mass is 833 g/mol. The van der Waals surface area contributed by atoms with Gasteiger partial charge in [0.15, 0.2) is 0 Å². The number of aromatic nitrogens is 1. The molecule has 11 aromatic rings. The van der Waals surface area contributed by atoms with Gasteiger partial charge in [0.1, 0.15) is 0 Å². The average Bonchev–Trinajstić information content (AvgIpc) is 1.58. The minimum Gasteiger partial charge on any atom is -0.310 e. The summed E-state index contributed by atoms with van der Waals surface area (Å²) in [6.07, 6.45) is 0. The molecule has 62 heavy (non-hydrogen) atoms. The molecular formula is C60H42N2. The van der Waals surface area contributed by atoms with Gasteiger partial charge < -0.3 is 9.47 Å². The lowest BCUT2D eigenvalue weighted by Crippen LogP contribution is -2.11. The predicted octanol–water partition coefficient (Wildman–Crippen LogP) is 16.6. The van der Waals surface area contributed by atoms with Crippen molar-refractivity contribution in [2.75, 3.05) is 4.90 Å². The molecule has 2 heteroatoms. The Hall–Kier alpha value is -8.20. The lowest BCUT2D eigenvalue weighted by molar-refractivity contribution is 1.18. The Balaban J connectivity index is 1.29. The molecule has 10 aromatic carbocycles. The zero-order valence-electron chi connectivity index (χ0n) is 72.9. The summed E-state index contributed by atoms with van der Waals surface area (Å²) in [6, 6.07) is -49.3. The summed E-state index contributed by atoms with van der Waals surface area (Å²) in [4.78, 5) is 0.160. The van der Waals surface area contributed by atoms with Crippen molar-refractivity contribution in [1.29, 1.82) is 0 Å². The summed E-state index contributed by atoms with van der Waals surface area (Å²) in [5.74, 6) is 0. The first kappa shape index (κ1) is 13.4. The van der Waals surface area contributed by atoms with Crippen LogP contribution in [0.3, 0.4) is 0 Å². The first-order valence-electron chi connectivity index (χ1n) is 38.8. The molecule has 0 aliphatic carbocycles. The minimum absolute atomic E-state index is 0.160. The first-order valence-corrected chi connectivity index (χ1v) is 17.8.